The maximum absolute atomic E-state index is 13.0. The predicted molar refractivity (Wildman–Crippen MR) is 110 cm³/mol. The fourth-order valence-electron chi connectivity index (χ4n) is 3.76. The Kier molecular flexibility index (Phi) is 5.37. The molecule has 0 spiro atoms. The van der Waals surface area contributed by atoms with Crippen molar-refractivity contribution < 1.29 is 4.79 Å². The van der Waals surface area contributed by atoms with Gasteiger partial charge in [0.1, 0.15) is 12.4 Å². The minimum Gasteiger partial charge on any atom is -0.369 e. The number of pyridine rings is 1. The fraction of sp³-hybridized carbons (Fsp3) is 0.318. The van der Waals surface area contributed by atoms with Crippen LogP contribution in [0.2, 0.25) is 0 Å². The van der Waals surface area contributed by atoms with Crippen molar-refractivity contribution in [3.63, 3.8) is 0 Å². The standard InChI is InChI=1S/C22H25N5O/c1-18-16-23-9-8-20(18)25-11-5-12-26(15-14-25)21(28)17-27-13-10-24-22(27)19-6-3-2-4-7-19/h2-4,6-10,13,16H,5,11-12,14-15,17H2,1H3. The van der Waals surface area contributed by atoms with E-state index in [4.69, 9.17) is 0 Å². The van der Waals surface area contributed by atoms with E-state index >= 15 is 0 Å². The summed E-state index contributed by atoms with van der Waals surface area (Å²) in [6.07, 6.45) is 8.33. The maximum Gasteiger partial charge on any atom is 0.242 e. The van der Waals surface area contributed by atoms with Gasteiger partial charge < -0.3 is 14.4 Å². The summed E-state index contributed by atoms with van der Waals surface area (Å²) in [5.74, 6) is 0.973. The Morgan fingerprint density at radius 1 is 1.04 bits per heavy atom. The maximum atomic E-state index is 13.0. The van der Waals surface area contributed by atoms with Gasteiger partial charge >= 0.3 is 0 Å². The van der Waals surface area contributed by atoms with Crippen molar-refractivity contribution in [1.82, 2.24) is 19.4 Å². The van der Waals surface area contributed by atoms with Crippen molar-refractivity contribution in [3.8, 4) is 11.4 Å². The number of amides is 1. The lowest BCUT2D eigenvalue weighted by Gasteiger charge is -2.25. The second-order valence-corrected chi connectivity index (χ2v) is 7.13. The molecule has 3 aromatic rings. The van der Waals surface area contributed by atoms with Crippen LogP contribution >= 0.6 is 0 Å². The van der Waals surface area contributed by atoms with Crippen molar-refractivity contribution in [1.29, 1.82) is 0 Å². The fourth-order valence-corrected chi connectivity index (χ4v) is 3.76. The lowest BCUT2D eigenvalue weighted by atomic mass is 10.2. The zero-order valence-corrected chi connectivity index (χ0v) is 16.2. The molecule has 0 unspecified atom stereocenters. The summed E-state index contributed by atoms with van der Waals surface area (Å²) in [5.41, 5.74) is 3.41. The van der Waals surface area contributed by atoms with E-state index in [2.05, 4.69) is 27.9 Å². The number of anilines is 1. The van der Waals surface area contributed by atoms with Gasteiger partial charge in [-0.2, -0.15) is 0 Å². The summed E-state index contributed by atoms with van der Waals surface area (Å²) in [4.78, 5) is 25.9. The summed E-state index contributed by atoms with van der Waals surface area (Å²) in [7, 11) is 0. The van der Waals surface area contributed by atoms with E-state index in [1.807, 2.05) is 58.4 Å². The Labute approximate surface area is 165 Å². The van der Waals surface area contributed by atoms with Crippen LogP contribution in [-0.2, 0) is 11.3 Å². The second kappa shape index (κ2) is 8.25. The van der Waals surface area contributed by atoms with Crippen molar-refractivity contribution in [2.24, 2.45) is 0 Å². The van der Waals surface area contributed by atoms with E-state index in [1.165, 1.54) is 11.3 Å². The highest BCUT2D eigenvalue weighted by molar-refractivity contribution is 5.77. The lowest BCUT2D eigenvalue weighted by molar-refractivity contribution is -0.131. The van der Waals surface area contributed by atoms with Gasteiger partial charge in [0.25, 0.3) is 0 Å². The number of carbonyl (C=O) groups is 1. The molecule has 1 fully saturated rings. The molecule has 3 heterocycles. The number of aromatic nitrogens is 3. The van der Waals surface area contributed by atoms with Gasteiger partial charge in [0, 0.05) is 62.2 Å². The number of carbonyl (C=O) groups excluding carboxylic acids is 1. The molecule has 0 N–H and O–H groups in total. The van der Waals surface area contributed by atoms with Crippen LogP contribution in [0.25, 0.3) is 11.4 Å². The number of hydrogen-bond acceptors (Lipinski definition) is 4. The highest BCUT2D eigenvalue weighted by Crippen LogP contribution is 2.21. The molecule has 6 heteroatoms. The third-order valence-corrected chi connectivity index (χ3v) is 5.23. The zero-order valence-electron chi connectivity index (χ0n) is 16.2. The molecular weight excluding hydrogens is 350 g/mol. The van der Waals surface area contributed by atoms with Gasteiger partial charge in [-0.1, -0.05) is 30.3 Å². The average Bonchev–Trinajstić information content (AvgIpc) is 3.04. The topological polar surface area (TPSA) is 54.3 Å². The van der Waals surface area contributed by atoms with E-state index in [9.17, 15) is 4.79 Å². The molecule has 1 saturated heterocycles. The Morgan fingerprint density at radius 2 is 1.89 bits per heavy atom. The molecule has 1 aromatic carbocycles. The van der Waals surface area contributed by atoms with Crippen LogP contribution in [0.1, 0.15) is 12.0 Å². The molecule has 28 heavy (non-hydrogen) atoms. The second-order valence-electron chi connectivity index (χ2n) is 7.13. The van der Waals surface area contributed by atoms with Crippen LogP contribution in [0.5, 0.6) is 0 Å². The SMILES string of the molecule is Cc1cnccc1N1CCCN(C(=O)Cn2ccnc2-c2ccccc2)CC1. The highest BCUT2D eigenvalue weighted by Gasteiger charge is 2.21. The molecule has 4 rings (SSSR count). The first-order valence-electron chi connectivity index (χ1n) is 9.72. The third kappa shape index (κ3) is 3.91. The molecule has 0 saturated carbocycles. The molecular formula is C22H25N5O. The molecule has 0 radical (unpaired) electrons. The van der Waals surface area contributed by atoms with Gasteiger partial charge in [0.15, 0.2) is 0 Å². The lowest BCUT2D eigenvalue weighted by Crippen LogP contribution is -2.37. The largest absolute Gasteiger partial charge is 0.369 e. The van der Waals surface area contributed by atoms with E-state index in [0.717, 1.165) is 44.0 Å². The van der Waals surface area contributed by atoms with Crippen LogP contribution in [0.3, 0.4) is 0 Å². The summed E-state index contributed by atoms with van der Waals surface area (Å²) < 4.78 is 1.94. The number of imidazole rings is 1. The van der Waals surface area contributed by atoms with E-state index in [-0.39, 0.29) is 5.91 Å². The van der Waals surface area contributed by atoms with E-state index in [0.29, 0.717) is 6.54 Å². The van der Waals surface area contributed by atoms with Crippen LogP contribution in [0.4, 0.5) is 5.69 Å². The van der Waals surface area contributed by atoms with Crippen LogP contribution in [0.15, 0.2) is 61.2 Å². The normalized spacial score (nSPS) is 14.8. The quantitative estimate of drug-likeness (QED) is 0.703. The molecule has 1 amide bonds. The van der Waals surface area contributed by atoms with Crippen LogP contribution < -0.4 is 4.90 Å². The number of rotatable bonds is 4. The minimum absolute atomic E-state index is 0.142. The van der Waals surface area contributed by atoms with Crippen LogP contribution in [-0.4, -0.2) is 51.5 Å². The molecule has 0 atom stereocenters. The summed E-state index contributed by atoms with van der Waals surface area (Å²) in [6.45, 7) is 5.71. The number of aryl methyl sites for hydroxylation is 1. The summed E-state index contributed by atoms with van der Waals surface area (Å²) >= 11 is 0. The monoisotopic (exact) mass is 375 g/mol. The first kappa shape index (κ1) is 18.2. The first-order chi connectivity index (χ1) is 13.7. The van der Waals surface area contributed by atoms with Crippen molar-refractivity contribution in [3.05, 3.63) is 66.7 Å². The molecule has 144 valence electrons. The summed E-state index contributed by atoms with van der Waals surface area (Å²) in [5, 5.41) is 0. The van der Waals surface area contributed by atoms with Gasteiger partial charge in [0.2, 0.25) is 5.91 Å². The van der Waals surface area contributed by atoms with Gasteiger partial charge in [-0.3, -0.25) is 9.78 Å². The van der Waals surface area contributed by atoms with Gasteiger partial charge in [-0.15, -0.1) is 0 Å². The third-order valence-electron chi connectivity index (χ3n) is 5.23. The average molecular weight is 375 g/mol. The molecule has 0 aliphatic carbocycles. The Bertz CT molecular complexity index is 937. The summed E-state index contributed by atoms with van der Waals surface area (Å²) in [6, 6.07) is 12.1. The Hall–Kier alpha value is -3.15. The van der Waals surface area contributed by atoms with Crippen molar-refractivity contribution >= 4 is 11.6 Å². The van der Waals surface area contributed by atoms with Crippen molar-refractivity contribution in [2.45, 2.75) is 19.9 Å². The molecule has 0 bridgehead atoms. The number of hydrogen-bond donors (Lipinski definition) is 0. The van der Waals surface area contributed by atoms with Gasteiger partial charge in [0.05, 0.1) is 0 Å². The van der Waals surface area contributed by atoms with Gasteiger partial charge in [-0.25, -0.2) is 4.98 Å². The smallest absolute Gasteiger partial charge is 0.242 e. The van der Waals surface area contributed by atoms with Crippen molar-refractivity contribution in [2.75, 3.05) is 31.1 Å². The number of benzene rings is 1. The minimum atomic E-state index is 0.142. The molecule has 6 nitrogen and oxygen atoms in total. The zero-order chi connectivity index (χ0) is 19.3. The Morgan fingerprint density at radius 3 is 2.71 bits per heavy atom. The highest BCUT2D eigenvalue weighted by atomic mass is 16.2. The first-order valence-corrected chi connectivity index (χ1v) is 9.72. The molecule has 1 aliphatic rings. The van der Waals surface area contributed by atoms with Gasteiger partial charge in [-0.05, 0) is 25.0 Å². The molecule has 1 aliphatic heterocycles. The van der Waals surface area contributed by atoms with E-state index < -0.39 is 0 Å². The number of nitrogens with zero attached hydrogens (tertiary/aromatic N) is 5. The Balaban J connectivity index is 1.43. The van der Waals surface area contributed by atoms with Crippen LogP contribution in [0, 0.1) is 6.92 Å². The molecule has 2 aromatic heterocycles. The predicted octanol–water partition coefficient (Wildman–Crippen LogP) is 2.99. The van der Waals surface area contributed by atoms with E-state index in [1.54, 1.807) is 6.20 Å².